The minimum atomic E-state index is -0.980. The number of carbonyl (C=O) groups is 2. The van der Waals surface area contributed by atoms with Crippen LogP contribution in [0, 0.1) is 11.8 Å². The third-order valence-corrected chi connectivity index (χ3v) is 3.93. The summed E-state index contributed by atoms with van der Waals surface area (Å²) < 4.78 is 1.23. The maximum atomic E-state index is 12.1. The molecule has 1 aromatic rings. The molecular weight excluding hydrogens is 274 g/mol. The molecule has 1 aliphatic rings. The van der Waals surface area contributed by atoms with Crippen LogP contribution < -0.4 is 5.32 Å². The molecule has 0 spiro atoms. The van der Waals surface area contributed by atoms with Gasteiger partial charge in [0.15, 0.2) is 0 Å². The van der Waals surface area contributed by atoms with Crippen molar-refractivity contribution in [2.75, 3.05) is 13.1 Å². The first-order valence-electron chi connectivity index (χ1n) is 7.09. The minimum absolute atomic E-state index is 0.110. The molecule has 1 aliphatic heterocycles. The van der Waals surface area contributed by atoms with Gasteiger partial charge < -0.3 is 15.3 Å². The summed E-state index contributed by atoms with van der Waals surface area (Å²) in [7, 11) is 0. The Hall–Kier alpha value is -2.12. The molecule has 2 atom stereocenters. The van der Waals surface area contributed by atoms with Gasteiger partial charge in [-0.2, -0.15) is 0 Å². The van der Waals surface area contributed by atoms with Crippen LogP contribution in [0.1, 0.15) is 26.0 Å². The van der Waals surface area contributed by atoms with E-state index in [1.54, 1.807) is 0 Å². The normalized spacial score (nSPS) is 22.1. The summed E-state index contributed by atoms with van der Waals surface area (Å²) in [5.74, 6) is 0.165. The first-order chi connectivity index (χ1) is 9.95. The van der Waals surface area contributed by atoms with E-state index >= 15 is 0 Å². The topological polar surface area (TPSA) is 100 Å². The number of nitrogens with zero attached hydrogens (tertiary/aromatic N) is 4. The average molecular weight is 295 g/mol. The summed E-state index contributed by atoms with van der Waals surface area (Å²) in [6, 6.07) is -0.110. The lowest BCUT2D eigenvalue weighted by Gasteiger charge is -2.35. The first kappa shape index (κ1) is 15.3. The predicted molar refractivity (Wildman–Crippen MR) is 74.4 cm³/mol. The van der Waals surface area contributed by atoms with E-state index in [1.165, 1.54) is 10.9 Å². The van der Waals surface area contributed by atoms with Crippen LogP contribution in [-0.4, -0.2) is 50.1 Å². The fourth-order valence-corrected chi connectivity index (χ4v) is 2.36. The Kier molecular flexibility index (Phi) is 4.77. The lowest BCUT2D eigenvalue weighted by Crippen LogP contribution is -2.46. The fourth-order valence-electron chi connectivity index (χ4n) is 2.36. The molecule has 0 bridgehead atoms. The van der Waals surface area contributed by atoms with Gasteiger partial charge in [0.2, 0.25) is 0 Å². The molecule has 0 aromatic carbocycles. The maximum absolute atomic E-state index is 12.1. The van der Waals surface area contributed by atoms with Crippen molar-refractivity contribution in [3.63, 3.8) is 0 Å². The Morgan fingerprint density at radius 2 is 2.19 bits per heavy atom. The molecule has 1 saturated heterocycles. The highest BCUT2D eigenvalue weighted by Gasteiger charge is 2.25. The number of hydrogen-bond acceptors (Lipinski definition) is 4. The van der Waals surface area contributed by atoms with E-state index in [2.05, 4.69) is 29.5 Å². The molecule has 21 heavy (non-hydrogen) atoms. The Morgan fingerprint density at radius 1 is 1.43 bits per heavy atom. The average Bonchev–Trinajstić information content (AvgIpc) is 2.86. The Bertz CT molecular complexity index is 516. The molecule has 0 saturated carbocycles. The van der Waals surface area contributed by atoms with E-state index in [0.717, 1.165) is 19.5 Å². The summed E-state index contributed by atoms with van der Waals surface area (Å²) in [5, 5.41) is 19.0. The van der Waals surface area contributed by atoms with Crippen molar-refractivity contribution >= 4 is 12.0 Å². The van der Waals surface area contributed by atoms with Crippen LogP contribution in [0.25, 0.3) is 0 Å². The van der Waals surface area contributed by atoms with Crippen LogP contribution in [-0.2, 0) is 17.9 Å². The lowest BCUT2D eigenvalue weighted by atomic mass is 9.89. The number of piperidine rings is 1. The number of likely N-dealkylation sites (tertiary alicyclic amines) is 1. The van der Waals surface area contributed by atoms with Crippen molar-refractivity contribution in [3.8, 4) is 0 Å². The van der Waals surface area contributed by atoms with Gasteiger partial charge in [-0.05, 0) is 18.3 Å². The summed E-state index contributed by atoms with van der Waals surface area (Å²) in [4.78, 5) is 24.4. The van der Waals surface area contributed by atoms with Crippen LogP contribution in [0.15, 0.2) is 6.20 Å². The molecule has 116 valence electrons. The highest BCUT2D eigenvalue weighted by Crippen LogP contribution is 2.22. The number of hydrogen-bond donors (Lipinski definition) is 2. The number of carbonyl (C=O) groups excluding carboxylic acids is 1. The van der Waals surface area contributed by atoms with Crippen molar-refractivity contribution in [2.45, 2.75) is 33.4 Å². The van der Waals surface area contributed by atoms with E-state index in [9.17, 15) is 9.59 Å². The van der Waals surface area contributed by atoms with Gasteiger partial charge >= 0.3 is 12.0 Å². The third kappa shape index (κ3) is 4.17. The number of rotatable bonds is 4. The van der Waals surface area contributed by atoms with Crippen molar-refractivity contribution in [1.29, 1.82) is 0 Å². The van der Waals surface area contributed by atoms with Gasteiger partial charge in [0.1, 0.15) is 12.2 Å². The van der Waals surface area contributed by atoms with Crippen molar-refractivity contribution < 1.29 is 14.7 Å². The van der Waals surface area contributed by atoms with Crippen LogP contribution in [0.3, 0.4) is 0 Å². The molecule has 8 heteroatoms. The van der Waals surface area contributed by atoms with Gasteiger partial charge in [-0.15, -0.1) is 5.10 Å². The second kappa shape index (κ2) is 6.55. The molecule has 0 radical (unpaired) electrons. The highest BCUT2D eigenvalue weighted by atomic mass is 16.4. The van der Waals surface area contributed by atoms with E-state index in [4.69, 9.17) is 5.11 Å². The number of carboxylic acids is 1. The summed E-state index contributed by atoms with van der Waals surface area (Å²) in [6.07, 6.45) is 2.54. The van der Waals surface area contributed by atoms with Gasteiger partial charge in [-0.3, -0.25) is 4.79 Å². The van der Waals surface area contributed by atoms with E-state index in [1.807, 2.05) is 4.90 Å². The van der Waals surface area contributed by atoms with Crippen LogP contribution in [0.5, 0.6) is 0 Å². The molecule has 8 nitrogen and oxygen atoms in total. The second-order valence-corrected chi connectivity index (χ2v) is 5.65. The number of nitrogens with one attached hydrogen (secondary N) is 1. The smallest absolute Gasteiger partial charge is 0.325 e. The summed E-state index contributed by atoms with van der Waals surface area (Å²) >= 11 is 0. The lowest BCUT2D eigenvalue weighted by molar-refractivity contribution is -0.137. The Morgan fingerprint density at radius 3 is 2.86 bits per heavy atom. The van der Waals surface area contributed by atoms with Crippen molar-refractivity contribution in [2.24, 2.45) is 11.8 Å². The molecule has 2 heterocycles. The number of amides is 2. The molecule has 1 fully saturated rings. The quantitative estimate of drug-likeness (QED) is 0.845. The number of aromatic nitrogens is 3. The number of aliphatic carboxylic acids is 1. The molecule has 2 N–H and O–H groups in total. The molecule has 2 rings (SSSR count). The number of carboxylic acid groups (broad SMARTS) is 1. The van der Waals surface area contributed by atoms with E-state index in [0.29, 0.717) is 17.5 Å². The van der Waals surface area contributed by atoms with Gasteiger partial charge in [-0.25, -0.2) is 9.48 Å². The second-order valence-electron chi connectivity index (χ2n) is 5.65. The van der Waals surface area contributed by atoms with Crippen LogP contribution >= 0.6 is 0 Å². The molecule has 1 aromatic heterocycles. The van der Waals surface area contributed by atoms with Crippen molar-refractivity contribution in [3.05, 3.63) is 11.9 Å². The zero-order chi connectivity index (χ0) is 15.4. The van der Waals surface area contributed by atoms with Crippen molar-refractivity contribution in [1.82, 2.24) is 25.2 Å². The standard InChI is InChI=1S/C13H21N5O3/c1-9-3-4-17(6-10(9)2)13(21)14-5-11-7-18(16-15-11)8-12(19)20/h7,9-10H,3-6,8H2,1-2H3,(H,14,21)(H,19,20). The summed E-state index contributed by atoms with van der Waals surface area (Å²) in [6.45, 7) is 5.91. The van der Waals surface area contributed by atoms with Crippen LogP contribution in [0.2, 0.25) is 0 Å². The van der Waals surface area contributed by atoms with Gasteiger partial charge in [0, 0.05) is 13.1 Å². The first-order valence-corrected chi connectivity index (χ1v) is 7.09. The van der Waals surface area contributed by atoms with Crippen LogP contribution in [0.4, 0.5) is 4.79 Å². The maximum Gasteiger partial charge on any atom is 0.325 e. The molecule has 2 amide bonds. The number of urea groups is 1. The Labute approximate surface area is 123 Å². The van der Waals surface area contributed by atoms with Gasteiger partial charge in [-0.1, -0.05) is 19.1 Å². The monoisotopic (exact) mass is 295 g/mol. The minimum Gasteiger partial charge on any atom is -0.480 e. The molecule has 0 aliphatic carbocycles. The van der Waals surface area contributed by atoms with E-state index in [-0.39, 0.29) is 19.1 Å². The highest BCUT2D eigenvalue weighted by molar-refractivity contribution is 5.74. The SMILES string of the molecule is CC1CCN(C(=O)NCc2cn(CC(=O)O)nn2)CC1C. The summed E-state index contributed by atoms with van der Waals surface area (Å²) in [5.41, 5.74) is 0.544. The zero-order valence-electron chi connectivity index (χ0n) is 12.3. The fraction of sp³-hybridized carbons (Fsp3) is 0.692. The van der Waals surface area contributed by atoms with E-state index < -0.39 is 5.97 Å². The van der Waals surface area contributed by atoms with Gasteiger partial charge in [0.25, 0.3) is 0 Å². The molecular formula is C13H21N5O3. The van der Waals surface area contributed by atoms with Gasteiger partial charge in [0.05, 0.1) is 12.7 Å². The molecule has 2 unspecified atom stereocenters. The predicted octanol–water partition coefficient (Wildman–Crippen LogP) is 0.550. The zero-order valence-corrected chi connectivity index (χ0v) is 12.3. The third-order valence-electron chi connectivity index (χ3n) is 3.93. The Balaban J connectivity index is 1.81. The largest absolute Gasteiger partial charge is 0.480 e.